The van der Waals surface area contributed by atoms with Crippen LogP contribution in [-0.4, -0.2) is 24.0 Å². The summed E-state index contributed by atoms with van der Waals surface area (Å²) in [6, 6.07) is 5.74. The Bertz CT molecular complexity index is 672. The number of nitrogens with one attached hydrogen (secondary N) is 1. The molecule has 2 atom stereocenters. The van der Waals surface area contributed by atoms with Gasteiger partial charge in [0, 0.05) is 23.9 Å². The normalized spacial score (nSPS) is 21.4. The van der Waals surface area contributed by atoms with Gasteiger partial charge in [0.05, 0.1) is 15.2 Å². The van der Waals surface area contributed by atoms with Gasteiger partial charge in [-0.2, -0.15) is 0 Å². The van der Waals surface area contributed by atoms with Crippen LogP contribution in [0.25, 0.3) is 10.2 Å². The summed E-state index contributed by atoms with van der Waals surface area (Å²) in [7, 11) is 0. The Hall–Kier alpha value is -1.17. The Morgan fingerprint density at radius 1 is 1.45 bits per heavy atom. The number of hydrogen-bond donors (Lipinski definition) is 2. The van der Waals surface area contributed by atoms with Gasteiger partial charge < -0.3 is 11.1 Å². The number of nitrogens with zero attached hydrogens (tertiary/aromatic N) is 1. The number of thiazole rings is 1. The van der Waals surface area contributed by atoms with Crippen molar-refractivity contribution in [1.29, 1.82) is 0 Å². The Morgan fingerprint density at radius 3 is 3.14 bits per heavy atom. The zero-order chi connectivity index (χ0) is 15.5. The molecule has 1 aromatic heterocycles. The number of nitrogens with two attached hydrogens (primary N) is 1. The molecule has 22 heavy (non-hydrogen) atoms. The number of carbonyl (C=O) groups excluding carboxylic acids is 1. The van der Waals surface area contributed by atoms with Crippen molar-refractivity contribution in [3.05, 3.63) is 28.2 Å². The molecule has 0 saturated heterocycles. The molecule has 0 unspecified atom stereocenters. The van der Waals surface area contributed by atoms with E-state index in [1.807, 2.05) is 18.2 Å². The van der Waals surface area contributed by atoms with Crippen molar-refractivity contribution in [1.82, 2.24) is 10.3 Å². The van der Waals surface area contributed by atoms with E-state index in [9.17, 15) is 4.79 Å². The van der Waals surface area contributed by atoms with E-state index >= 15 is 0 Å². The lowest BCUT2D eigenvalue weighted by Crippen LogP contribution is -2.36. The highest BCUT2D eigenvalue weighted by molar-refractivity contribution is 7.18. The first-order chi connectivity index (χ1) is 10.7. The van der Waals surface area contributed by atoms with Crippen LogP contribution in [0.4, 0.5) is 0 Å². The van der Waals surface area contributed by atoms with Gasteiger partial charge in [-0.1, -0.05) is 18.0 Å². The number of hydrogen-bond acceptors (Lipinski definition) is 4. The van der Waals surface area contributed by atoms with Crippen molar-refractivity contribution >= 4 is 39.1 Å². The van der Waals surface area contributed by atoms with Gasteiger partial charge in [0.1, 0.15) is 0 Å². The summed E-state index contributed by atoms with van der Waals surface area (Å²) in [5.74, 6) is 0.598. The van der Waals surface area contributed by atoms with Crippen LogP contribution in [0.15, 0.2) is 18.2 Å². The Balaban J connectivity index is 1.54. The molecule has 0 aliphatic heterocycles. The van der Waals surface area contributed by atoms with Crippen LogP contribution in [0, 0.1) is 11.8 Å². The summed E-state index contributed by atoms with van der Waals surface area (Å²) in [6.45, 7) is 1.23. The van der Waals surface area contributed by atoms with Crippen LogP contribution in [0.2, 0.25) is 5.02 Å². The van der Waals surface area contributed by atoms with Crippen molar-refractivity contribution in [2.75, 3.05) is 13.1 Å². The lowest BCUT2D eigenvalue weighted by Gasteiger charge is -2.17. The van der Waals surface area contributed by atoms with Crippen molar-refractivity contribution in [2.45, 2.75) is 25.7 Å². The van der Waals surface area contributed by atoms with E-state index in [1.165, 1.54) is 0 Å². The second kappa shape index (κ2) is 6.94. The molecule has 3 rings (SSSR count). The summed E-state index contributed by atoms with van der Waals surface area (Å²) in [4.78, 5) is 16.8. The van der Waals surface area contributed by atoms with E-state index in [0.717, 1.165) is 40.9 Å². The van der Waals surface area contributed by atoms with Crippen LogP contribution in [-0.2, 0) is 11.2 Å². The number of carbonyl (C=O) groups is 1. The number of amides is 1. The Kier molecular flexibility index (Phi) is 4.96. The minimum atomic E-state index is 0.0965. The maximum atomic E-state index is 12.2. The molecule has 1 fully saturated rings. The second-order valence-corrected chi connectivity index (χ2v) is 7.35. The van der Waals surface area contributed by atoms with Crippen molar-refractivity contribution in [3.8, 4) is 0 Å². The fourth-order valence-electron chi connectivity index (χ4n) is 3.14. The highest BCUT2D eigenvalue weighted by Gasteiger charge is 2.31. The zero-order valence-electron chi connectivity index (χ0n) is 12.3. The minimum absolute atomic E-state index is 0.0965. The van der Waals surface area contributed by atoms with E-state index in [2.05, 4.69) is 10.3 Å². The molecule has 0 spiro atoms. The van der Waals surface area contributed by atoms with Gasteiger partial charge >= 0.3 is 0 Å². The van der Waals surface area contributed by atoms with Gasteiger partial charge in [-0.25, -0.2) is 4.98 Å². The predicted octanol–water partition coefficient (Wildman–Crippen LogP) is 2.98. The van der Waals surface area contributed by atoms with Gasteiger partial charge in [0.2, 0.25) is 5.91 Å². The van der Waals surface area contributed by atoms with E-state index in [1.54, 1.807) is 11.3 Å². The number of fused-ring (bicyclic) bond motifs is 1. The van der Waals surface area contributed by atoms with Crippen LogP contribution < -0.4 is 11.1 Å². The molecule has 2 aromatic rings. The molecule has 0 radical (unpaired) electrons. The number of aromatic nitrogens is 1. The molecule has 1 aliphatic carbocycles. The first-order valence-electron chi connectivity index (χ1n) is 7.70. The van der Waals surface area contributed by atoms with E-state index < -0.39 is 0 Å². The smallest absolute Gasteiger partial charge is 0.223 e. The molecule has 1 aromatic carbocycles. The van der Waals surface area contributed by atoms with Crippen molar-refractivity contribution in [3.63, 3.8) is 0 Å². The molecule has 1 amide bonds. The first-order valence-corrected chi connectivity index (χ1v) is 8.89. The largest absolute Gasteiger partial charge is 0.355 e. The van der Waals surface area contributed by atoms with Gasteiger partial charge in [-0.15, -0.1) is 11.3 Å². The van der Waals surface area contributed by atoms with Crippen LogP contribution in [0.1, 0.15) is 24.3 Å². The first kappa shape index (κ1) is 15.7. The zero-order valence-corrected chi connectivity index (χ0v) is 13.9. The van der Waals surface area contributed by atoms with E-state index in [-0.39, 0.29) is 11.8 Å². The maximum Gasteiger partial charge on any atom is 0.223 e. The SMILES string of the molecule is NC[C@H]1CCC[C@H]1C(=O)NCCc1nc2cc(Cl)ccc2s1. The summed E-state index contributed by atoms with van der Waals surface area (Å²) >= 11 is 7.63. The monoisotopic (exact) mass is 337 g/mol. The second-order valence-electron chi connectivity index (χ2n) is 5.79. The van der Waals surface area contributed by atoms with Gasteiger partial charge in [0.15, 0.2) is 0 Å². The summed E-state index contributed by atoms with van der Waals surface area (Å²) in [5, 5.41) is 4.77. The molecule has 3 N–H and O–H groups in total. The number of halogens is 1. The highest BCUT2D eigenvalue weighted by Crippen LogP contribution is 2.31. The molecule has 4 nitrogen and oxygen atoms in total. The Labute approximate surface area is 139 Å². The number of benzene rings is 1. The predicted molar refractivity (Wildman–Crippen MR) is 91.2 cm³/mol. The van der Waals surface area contributed by atoms with Gasteiger partial charge in [-0.05, 0) is 43.5 Å². The molecule has 0 bridgehead atoms. The lowest BCUT2D eigenvalue weighted by atomic mass is 9.95. The molecular formula is C16H20ClN3OS. The maximum absolute atomic E-state index is 12.2. The quantitative estimate of drug-likeness (QED) is 0.881. The fraction of sp³-hybridized carbons (Fsp3) is 0.500. The summed E-state index contributed by atoms with van der Waals surface area (Å²) in [6.07, 6.45) is 3.90. The third kappa shape index (κ3) is 3.42. The standard InChI is InChI=1S/C16H20ClN3OS/c17-11-4-5-14-13(8-11)20-15(22-14)6-7-19-16(21)12-3-1-2-10(12)9-18/h4-5,8,10,12H,1-3,6-7,9,18H2,(H,19,21)/t10-,12-/m1/s1. The highest BCUT2D eigenvalue weighted by atomic mass is 35.5. The summed E-state index contributed by atoms with van der Waals surface area (Å²) < 4.78 is 1.13. The molecule has 118 valence electrons. The van der Waals surface area contributed by atoms with E-state index in [0.29, 0.717) is 24.0 Å². The molecule has 1 heterocycles. The minimum Gasteiger partial charge on any atom is -0.355 e. The van der Waals surface area contributed by atoms with Crippen LogP contribution in [0.3, 0.4) is 0 Å². The Morgan fingerprint density at radius 2 is 2.32 bits per heavy atom. The lowest BCUT2D eigenvalue weighted by molar-refractivity contribution is -0.125. The average molecular weight is 338 g/mol. The topological polar surface area (TPSA) is 68.0 Å². The third-order valence-corrected chi connectivity index (χ3v) is 5.66. The van der Waals surface area contributed by atoms with Crippen molar-refractivity contribution < 1.29 is 4.79 Å². The average Bonchev–Trinajstić information content (AvgIpc) is 3.12. The van der Waals surface area contributed by atoms with Crippen molar-refractivity contribution in [2.24, 2.45) is 17.6 Å². The molecular weight excluding hydrogens is 318 g/mol. The molecule has 6 heteroatoms. The fourth-order valence-corrected chi connectivity index (χ4v) is 4.26. The van der Waals surface area contributed by atoms with Crippen LogP contribution >= 0.6 is 22.9 Å². The molecule has 1 saturated carbocycles. The van der Waals surface area contributed by atoms with Gasteiger partial charge in [0.25, 0.3) is 0 Å². The molecule has 1 aliphatic rings. The number of rotatable bonds is 5. The van der Waals surface area contributed by atoms with Gasteiger partial charge in [-0.3, -0.25) is 4.79 Å². The van der Waals surface area contributed by atoms with E-state index in [4.69, 9.17) is 17.3 Å². The third-order valence-electron chi connectivity index (χ3n) is 4.33. The summed E-state index contributed by atoms with van der Waals surface area (Å²) in [5.41, 5.74) is 6.67. The van der Waals surface area contributed by atoms with Crippen LogP contribution in [0.5, 0.6) is 0 Å².